The van der Waals surface area contributed by atoms with Gasteiger partial charge in [0.25, 0.3) is 0 Å². The number of unbranched alkanes of at least 4 members (excludes halogenated alkanes) is 28. The van der Waals surface area contributed by atoms with Crippen molar-refractivity contribution >= 4 is 17.9 Å². The Morgan fingerprint density at radius 1 is 0.266 bits per heavy atom. The smallest absolute Gasteiger partial charge is 0.306 e. The van der Waals surface area contributed by atoms with Gasteiger partial charge in [0.2, 0.25) is 0 Å². The Morgan fingerprint density at radius 3 is 0.810 bits per heavy atom. The van der Waals surface area contributed by atoms with E-state index in [1.165, 1.54) is 116 Å². The summed E-state index contributed by atoms with van der Waals surface area (Å²) in [7, 11) is 0. The number of ether oxygens (including phenoxy) is 3. The van der Waals surface area contributed by atoms with Gasteiger partial charge >= 0.3 is 17.9 Å². The zero-order valence-electron chi connectivity index (χ0n) is 51.6. The second-order valence-corrected chi connectivity index (χ2v) is 21.6. The SMILES string of the molecule is CC/C=C\C/C=C\C/C=C\C/C=C\C/C=C\C/C=C\C/C=C\C/C=C\CCCCCCCCC(=O)OCC(COC(=O)CCCCCCC/C=C\C/C=C\CCCC)OC(=O)CCCCCCCCCCCCCCCCCC. The molecule has 1 unspecified atom stereocenters. The quantitative estimate of drug-likeness (QED) is 0.0261. The van der Waals surface area contributed by atoms with Crippen LogP contribution < -0.4 is 0 Å². The van der Waals surface area contributed by atoms with Crippen LogP contribution in [-0.2, 0) is 28.6 Å². The number of carbonyl (C=O) groups excluding carboxylic acids is 3. The van der Waals surface area contributed by atoms with Crippen molar-refractivity contribution in [1.29, 1.82) is 0 Å². The molecule has 0 fully saturated rings. The van der Waals surface area contributed by atoms with E-state index in [2.05, 4.69) is 142 Å². The van der Waals surface area contributed by atoms with Crippen molar-refractivity contribution in [2.75, 3.05) is 13.2 Å². The Hall–Kier alpha value is -4.19. The van der Waals surface area contributed by atoms with Crippen molar-refractivity contribution in [2.45, 2.75) is 309 Å². The minimum absolute atomic E-state index is 0.0894. The summed E-state index contributed by atoms with van der Waals surface area (Å²) >= 11 is 0. The van der Waals surface area contributed by atoms with Gasteiger partial charge in [0.1, 0.15) is 13.2 Å². The molecule has 0 aromatic carbocycles. The minimum Gasteiger partial charge on any atom is -0.462 e. The van der Waals surface area contributed by atoms with E-state index in [9.17, 15) is 14.4 Å². The van der Waals surface area contributed by atoms with Crippen LogP contribution in [0.3, 0.4) is 0 Å². The molecule has 0 N–H and O–H groups in total. The molecule has 0 heterocycles. The predicted molar refractivity (Wildman–Crippen MR) is 343 cm³/mol. The van der Waals surface area contributed by atoms with Gasteiger partial charge in [0.05, 0.1) is 0 Å². The summed E-state index contributed by atoms with van der Waals surface area (Å²) in [5.41, 5.74) is 0. The fraction of sp³-hybridized carbons (Fsp3) is 0.685. The number of carbonyl (C=O) groups is 3. The molecule has 0 saturated carbocycles. The lowest BCUT2D eigenvalue weighted by atomic mass is 10.0. The number of rotatable bonds is 59. The highest BCUT2D eigenvalue weighted by Crippen LogP contribution is 2.16. The molecule has 0 aromatic rings. The van der Waals surface area contributed by atoms with Gasteiger partial charge in [-0.2, -0.15) is 0 Å². The second-order valence-electron chi connectivity index (χ2n) is 21.6. The van der Waals surface area contributed by atoms with E-state index in [1.807, 2.05) is 0 Å². The molecule has 0 radical (unpaired) electrons. The Labute approximate surface area is 488 Å². The van der Waals surface area contributed by atoms with E-state index in [0.717, 1.165) is 148 Å². The summed E-state index contributed by atoms with van der Waals surface area (Å²) in [5.74, 6) is -0.908. The van der Waals surface area contributed by atoms with Gasteiger partial charge in [0, 0.05) is 19.3 Å². The topological polar surface area (TPSA) is 78.9 Å². The van der Waals surface area contributed by atoms with Crippen LogP contribution in [0.4, 0.5) is 0 Å². The van der Waals surface area contributed by atoms with Crippen molar-refractivity contribution in [1.82, 2.24) is 0 Å². The molecule has 0 spiro atoms. The molecule has 0 rings (SSSR count). The normalized spacial score (nSPS) is 12.9. The Kier molecular flexibility index (Phi) is 62.8. The minimum atomic E-state index is -0.792. The summed E-state index contributed by atoms with van der Waals surface area (Å²) in [4.78, 5) is 38.3. The van der Waals surface area contributed by atoms with Crippen molar-refractivity contribution < 1.29 is 28.6 Å². The summed E-state index contributed by atoms with van der Waals surface area (Å²) in [5, 5.41) is 0. The molecule has 0 amide bonds. The monoisotopic (exact) mass is 1090 g/mol. The first-order valence-electron chi connectivity index (χ1n) is 33.0. The number of hydrogen-bond acceptors (Lipinski definition) is 6. The van der Waals surface area contributed by atoms with Crippen molar-refractivity contribution in [3.63, 3.8) is 0 Å². The average Bonchev–Trinajstić information content (AvgIpc) is 3.45. The Morgan fingerprint density at radius 2 is 0.506 bits per heavy atom. The van der Waals surface area contributed by atoms with Gasteiger partial charge < -0.3 is 14.2 Å². The fourth-order valence-electron chi connectivity index (χ4n) is 9.01. The van der Waals surface area contributed by atoms with Crippen LogP contribution in [0.1, 0.15) is 303 Å². The van der Waals surface area contributed by atoms with Crippen LogP contribution in [0.5, 0.6) is 0 Å². The fourth-order valence-corrected chi connectivity index (χ4v) is 9.01. The first kappa shape index (κ1) is 74.8. The third-order valence-electron chi connectivity index (χ3n) is 14.0. The van der Waals surface area contributed by atoms with Gasteiger partial charge in [-0.25, -0.2) is 0 Å². The van der Waals surface area contributed by atoms with E-state index in [4.69, 9.17) is 14.2 Å². The zero-order valence-corrected chi connectivity index (χ0v) is 51.6. The van der Waals surface area contributed by atoms with Crippen LogP contribution in [0, 0.1) is 0 Å². The highest BCUT2D eigenvalue weighted by molar-refractivity contribution is 5.71. The van der Waals surface area contributed by atoms with Gasteiger partial charge in [-0.1, -0.05) is 296 Å². The molecule has 0 aliphatic carbocycles. The first-order chi connectivity index (χ1) is 39.0. The van der Waals surface area contributed by atoms with Gasteiger partial charge in [-0.3, -0.25) is 14.4 Å². The van der Waals surface area contributed by atoms with Crippen LogP contribution >= 0.6 is 0 Å². The van der Waals surface area contributed by atoms with Crippen LogP contribution in [0.25, 0.3) is 0 Å². The maximum Gasteiger partial charge on any atom is 0.306 e. The summed E-state index contributed by atoms with van der Waals surface area (Å²) in [6, 6.07) is 0. The van der Waals surface area contributed by atoms with E-state index >= 15 is 0 Å². The third kappa shape index (κ3) is 64.5. The lowest BCUT2D eigenvalue weighted by Crippen LogP contribution is -2.30. The van der Waals surface area contributed by atoms with E-state index in [-0.39, 0.29) is 31.1 Å². The molecule has 450 valence electrons. The second kappa shape index (κ2) is 66.3. The van der Waals surface area contributed by atoms with E-state index in [1.54, 1.807) is 0 Å². The molecule has 79 heavy (non-hydrogen) atoms. The van der Waals surface area contributed by atoms with Crippen molar-refractivity contribution in [3.8, 4) is 0 Å². The van der Waals surface area contributed by atoms with Crippen LogP contribution in [0.2, 0.25) is 0 Å². The van der Waals surface area contributed by atoms with Gasteiger partial charge in [-0.05, 0) is 109 Å². The van der Waals surface area contributed by atoms with E-state index in [0.29, 0.717) is 19.3 Å². The van der Waals surface area contributed by atoms with Crippen molar-refractivity contribution in [2.24, 2.45) is 0 Å². The zero-order chi connectivity index (χ0) is 57.1. The maximum atomic E-state index is 12.9. The highest BCUT2D eigenvalue weighted by Gasteiger charge is 2.19. The highest BCUT2D eigenvalue weighted by atomic mass is 16.6. The largest absolute Gasteiger partial charge is 0.462 e. The first-order valence-corrected chi connectivity index (χ1v) is 33.0. The molecule has 1 atom stereocenters. The molecule has 6 heteroatoms. The molecule has 0 saturated heterocycles. The molecule has 0 aliphatic heterocycles. The number of allylic oxidation sites excluding steroid dienone is 20. The standard InChI is InChI=1S/C73H122O6/c1-4-7-10-13-16-19-22-25-28-30-31-32-33-34-35-36-37-38-39-40-41-42-43-44-46-48-51-54-57-60-63-66-72(75)78-69-70(68-77-71(74)65-62-59-56-53-50-47-27-24-21-18-15-12-9-6-3)79-73(76)67-64-61-58-55-52-49-45-29-26-23-20-17-14-11-8-5-2/h7,10,15-16,18-19,24-25,27-28,31-32,34-35,37-38,40-41,43-44,70H,4-6,8-9,11-14,17,20-23,26,29-30,33,36,39,42,45-69H2,1-3H3/b10-7-,18-15-,19-16-,27-24-,28-25-,32-31-,35-34-,38-37-,41-40-,44-43-. The van der Waals surface area contributed by atoms with E-state index < -0.39 is 6.10 Å². The molecular weight excluding hydrogens is 973 g/mol. The van der Waals surface area contributed by atoms with Crippen molar-refractivity contribution in [3.05, 3.63) is 122 Å². The lowest BCUT2D eigenvalue weighted by Gasteiger charge is -2.18. The third-order valence-corrected chi connectivity index (χ3v) is 14.0. The number of hydrogen-bond donors (Lipinski definition) is 0. The summed E-state index contributed by atoms with van der Waals surface area (Å²) in [6.45, 7) is 6.48. The maximum absolute atomic E-state index is 12.9. The summed E-state index contributed by atoms with van der Waals surface area (Å²) in [6.07, 6.45) is 92.0. The molecule has 0 aliphatic rings. The van der Waals surface area contributed by atoms with Gasteiger partial charge in [-0.15, -0.1) is 0 Å². The van der Waals surface area contributed by atoms with Gasteiger partial charge in [0.15, 0.2) is 6.10 Å². The average molecular weight is 1100 g/mol. The predicted octanol–water partition coefficient (Wildman–Crippen LogP) is 22.8. The summed E-state index contributed by atoms with van der Waals surface area (Å²) < 4.78 is 16.9. The molecule has 0 bridgehead atoms. The molecule has 0 aromatic heterocycles. The van der Waals surface area contributed by atoms with Crippen LogP contribution in [-0.4, -0.2) is 37.2 Å². The number of esters is 3. The Balaban J connectivity index is 4.34. The Bertz CT molecular complexity index is 1640. The van der Waals surface area contributed by atoms with Crippen LogP contribution in [0.15, 0.2) is 122 Å². The molecular formula is C73H122O6. The lowest BCUT2D eigenvalue weighted by molar-refractivity contribution is -0.167. The molecule has 6 nitrogen and oxygen atoms in total.